The summed E-state index contributed by atoms with van der Waals surface area (Å²) < 4.78 is 2.00. The van der Waals surface area contributed by atoms with Crippen molar-refractivity contribution in [2.75, 3.05) is 11.9 Å². The van der Waals surface area contributed by atoms with Crippen molar-refractivity contribution in [2.24, 2.45) is 0 Å². The number of thiazole rings is 1. The summed E-state index contributed by atoms with van der Waals surface area (Å²) in [5.41, 5.74) is 2.20. The van der Waals surface area contributed by atoms with Crippen molar-refractivity contribution in [3.63, 3.8) is 0 Å². The molecule has 14 heavy (non-hydrogen) atoms. The summed E-state index contributed by atoms with van der Waals surface area (Å²) in [5, 5.41) is 3.24. The highest BCUT2D eigenvalue weighted by Crippen LogP contribution is 2.22. The Kier molecular flexibility index (Phi) is 2.65. The van der Waals surface area contributed by atoms with E-state index in [9.17, 15) is 0 Å². The number of hydrogen-bond acceptors (Lipinski definition) is 3. The molecule has 2 rings (SSSR count). The van der Waals surface area contributed by atoms with Gasteiger partial charge in [-0.05, 0) is 30.4 Å². The predicted molar refractivity (Wildman–Crippen MR) is 65.7 cm³/mol. The molecule has 1 heterocycles. The SMILES string of the molecule is C=CCNc1ccc2[nH]c(=S)sc2c1. The van der Waals surface area contributed by atoms with E-state index in [-0.39, 0.29) is 0 Å². The van der Waals surface area contributed by atoms with Crippen LogP contribution in [0.25, 0.3) is 10.2 Å². The second-order valence-electron chi connectivity index (χ2n) is 2.90. The van der Waals surface area contributed by atoms with Gasteiger partial charge in [-0.3, -0.25) is 0 Å². The minimum Gasteiger partial charge on any atom is -0.382 e. The fraction of sp³-hybridized carbons (Fsp3) is 0.100. The maximum absolute atomic E-state index is 5.07. The van der Waals surface area contributed by atoms with Crippen LogP contribution in [0.1, 0.15) is 0 Å². The molecule has 0 unspecified atom stereocenters. The zero-order valence-corrected chi connectivity index (χ0v) is 9.17. The van der Waals surface area contributed by atoms with Crippen molar-refractivity contribution in [3.05, 3.63) is 34.8 Å². The predicted octanol–water partition coefficient (Wildman–Crippen LogP) is 3.56. The summed E-state index contributed by atoms with van der Waals surface area (Å²) in [7, 11) is 0. The van der Waals surface area contributed by atoms with E-state index in [2.05, 4.69) is 22.9 Å². The number of aromatic amines is 1. The quantitative estimate of drug-likeness (QED) is 0.614. The molecule has 0 aliphatic rings. The molecule has 2 aromatic rings. The number of hydrogen-bond donors (Lipinski definition) is 2. The van der Waals surface area contributed by atoms with E-state index < -0.39 is 0 Å². The van der Waals surface area contributed by atoms with Gasteiger partial charge < -0.3 is 10.3 Å². The zero-order chi connectivity index (χ0) is 9.97. The van der Waals surface area contributed by atoms with E-state index in [1.165, 1.54) is 4.70 Å². The number of rotatable bonds is 3. The highest BCUT2D eigenvalue weighted by atomic mass is 32.1. The van der Waals surface area contributed by atoms with Gasteiger partial charge in [-0.25, -0.2) is 0 Å². The summed E-state index contributed by atoms with van der Waals surface area (Å²) in [6, 6.07) is 6.16. The van der Waals surface area contributed by atoms with E-state index in [4.69, 9.17) is 12.2 Å². The fourth-order valence-electron chi connectivity index (χ4n) is 1.25. The van der Waals surface area contributed by atoms with Crippen LogP contribution in [0.3, 0.4) is 0 Å². The molecule has 0 aliphatic heterocycles. The summed E-state index contributed by atoms with van der Waals surface area (Å²) in [5.74, 6) is 0. The van der Waals surface area contributed by atoms with Gasteiger partial charge in [0, 0.05) is 12.2 Å². The first-order valence-electron chi connectivity index (χ1n) is 4.27. The monoisotopic (exact) mass is 222 g/mol. The number of aromatic nitrogens is 1. The highest BCUT2D eigenvalue weighted by Gasteiger charge is 1.97. The third-order valence-corrected chi connectivity index (χ3v) is 3.07. The minimum absolute atomic E-state index is 0.779. The molecule has 0 amide bonds. The Balaban J connectivity index is 2.40. The summed E-state index contributed by atoms with van der Waals surface area (Å²) >= 11 is 6.66. The zero-order valence-electron chi connectivity index (χ0n) is 7.54. The number of fused-ring (bicyclic) bond motifs is 1. The normalized spacial score (nSPS) is 10.3. The van der Waals surface area contributed by atoms with Crippen molar-refractivity contribution in [1.82, 2.24) is 4.98 Å². The van der Waals surface area contributed by atoms with Gasteiger partial charge in [0.1, 0.15) is 0 Å². The van der Waals surface area contributed by atoms with Crippen molar-refractivity contribution < 1.29 is 0 Å². The van der Waals surface area contributed by atoms with Crippen LogP contribution in [0.2, 0.25) is 0 Å². The molecule has 1 aromatic carbocycles. The molecule has 0 spiro atoms. The number of benzene rings is 1. The molecule has 0 atom stereocenters. The number of nitrogens with one attached hydrogen (secondary N) is 2. The second kappa shape index (κ2) is 3.94. The first-order valence-corrected chi connectivity index (χ1v) is 5.50. The van der Waals surface area contributed by atoms with E-state index in [0.717, 1.165) is 21.7 Å². The standard InChI is InChI=1S/C10H10N2S2/c1-2-5-11-7-3-4-8-9(6-7)14-10(13)12-8/h2-4,6,11H,1,5H2,(H,12,13). The lowest BCUT2D eigenvalue weighted by molar-refractivity contribution is 1.35. The van der Waals surface area contributed by atoms with Crippen LogP contribution in [-0.4, -0.2) is 11.5 Å². The van der Waals surface area contributed by atoms with Crippen LogP contribution >= 0.6 is 23.6 Å². The molecule has 0 saturated carbocycles. The molecule has 2 nitrogen and oxygen atoms in total. The fourth-order valence-corrected chi connectivity index (χ4v) is 2.40. The van der Waals surface area contributed by atoms with Gasteiger partial charge in [-0.15, -0.1) is 17.9 Å². The average Bonchev–Trinajstić information content (AvgIpc) is 2.54. The summed E-state index contributed by atoms with van der Waals surface area (Å²) in [6.07, 6.45) is 1.84. The molecule has 0 bridgehead atoms. The Bertz CT molecular complexity index is 510. The Hall–Kier alpha value is -1.13. The molecule has 72 valence electrons. The largest absolute Gasteiger partial charge is 0.382 e. The Morgan fingerprint density at radius 3 is 3.21 bits per heavy atom. The van der Waals surface area contributed by atoms with Crippen LogP contribution in [0, 0.1) is 3.95 Å². The minimum atomic E-state index is 0.779. The van der Waals surface area contributed by atoms with E-state index in [1.807, 2.05) is 18.2 Å². The third-order valence-electron chi connectivity index (χ3n) is 1.87. The Morgan fingerprint density at radius 1 is 1.57 bits per heavy atom. The van der Waals surface area contributed by atoms with Crippen LogP contribution in [0.15, 0.2) is 30.9 Å². The average molecular weight is 222 g/mol. The number of anilines is 1. The third kappa shape index (κ3) is 1.86. The van der Waals surface area contributed by atoms with Crippen LogP contribution in [-0.2, 0) is 0 Å². The van der Waals surface area contributed by atoms with E-state index >= 15 is 0 Å². The van der Waals surface area contributed by atoms with Crippen molar-refractivity contribution >= 4 is 39.5 Å². The first kappa shape index (κ1) is 9.43. The molecule has 0 aliphatic carbocycles. The molecule has 1 aromatic heterocycles. The van der Waals surface area contributed by atoms with Gasteiger partial charge in [-0.2, -0.15) is 0 Å². The molecule has 4 heteroatoms. The van der Waals surface area contributed by atoms with Crippen molar-refractivity contribution in [3.8, 4) is 0 Å². The van der Waals surface area contributed by atoms with Crippen LogP contribution < -0.4 is 5.32 Å². The van der Waals surface area contributed by atoms with Gasteiger partial charge in [0.15, 0.2) is 3.95 Å². The molecule has 0 fully saturated rings. The number of H-pyrrole nitrogens is 1. The van der Waals surface area contributed by atoms with Crippen molar-refractivity contribution in [2.45, 2.75) is 0 Å². The lowest BCUT2D eigenvalue weighted by Gasteiger charge is -2.01. The van der Waals surface area contributed by atoms with Crippen LogP contribution in [0.5, 0.6) is 0 Å². The maximum atomic E-state index is 5.07. The Morgan fingerprint density at radius 2 is 2.43 bits per heavy atom. The summed E-state index contributed by atoms with van der Waals surface area (Å²) in [4.78, 5) is 3.13. The molecular formula is C10H10N2S2. The smallest absolute Gasteiger partial charge is 0.159 e. The van der Waals surface area contributed by atoms with E-state index in [1.54, 1.807) is 11.3 Å². The van der Waals surface area contributed by atoms with Gasteiger partial charge >= 0.3 is 0 Å². The highest BCUT2D eigenvalue weighted by molar-refractivity contribution is 7.73. The topological polar surface area (TPSA) is 27.8 Å². The molecular weight excluding hydrogens is 212 g/mol. The lowest BCUT2D eigenvalue weighted by atomic mass is 10.3. The lowest BCUT2D eigenvalue weighted by Crippen LogP contribution is -1.96. The second-order valence-corrected chi connectivity index (χ2v) is 4.61. The van der Waals surface area contributed by atoms with Gasteiger partial charge in [-0.1, -0.05) is 6.08 Å². The van der Waals surface area contributed by atoms with Gasteiger partial charge in [0.25, 0.3) is 0 Å². The van der Waals surface area contributed by atoms with Gasteiger partial charge in [0.2, 0.25) is 0 Å². The first-order chi connectivity index (χ1) is 6.79. The summed E-state index contributed by atoms with van der Waals surface area (Å²) in [6.45, 7) is 4.44. The van der Waals surface area contributed by atoms with Crippen LogP contribution in [0.4, 0.5) is 5.69 Å². The van der Waals surface area contributed by atoms with E-state index in [0.29, 0.717) is 0 Å². The van der Waals surface area contributed by atoms with Crippen molar-refractivity contribution in [1.29, 1.82) is 0 Å². The maximum Gasteiger partial charge on any atom is 0.159 e. The molecule has 0 saturated heterocycles. The van der Waals surface area contributed by atoms with Gasteiger partial charge in [0.05, 0.1) is 10.2 Å². The Labute approximate surface area is 91.3 Å². The molecule has 0 radical (unpaired) electrons. The molecule has 2 N–H and O–H groups in total.